The molecule has 3 atom stereocenters. The van der Waals surface area contributed by atoms with E-state index in [0.29, 0.717) is 5.84 Å². The van der Waals surface area contributed by atoms with Crippen LogP contribution in [0.15, 0.2) is 253 Å². The fraction of sp³-hybridized carbons (Fsp3) is 0.110. The molecule has 6 nitrogen and oxygen atoms in total. The first-order valence-electron chi connectivity index (χ1n) is 27.4. The van der Waals surface area contributed by atoms with E-state index < -0.39 is 5.66 Å². The number of anilines is 2. The fourth-order valence-electron chi connectivity index (χ4n) is 12.7. The summed E-state index contributed by atoms with van der Waals surface area (Å²) in [4.78, 5) is 18.2. The van der Waals surface area contributed by atoms with Crippen molar-refractivity contribution in [1.82, 2.24) is 14.9 Å². The van der Waals surface area contributed by atoms with Gasteiger partial charge in [-0.3, -0.25) is 4.98 Å². The maximum Gasteiger partial charge on any atom is 0.159 e. The minimum Gasteiger partial charge on any atom is -0.342 e. The van der Waals surface area contributed by atoms with Gasteiger partial charge in [0.15, 0.2) is 11.5 Å². The molecule has 4 heterocycles. The lowest BCUT2D eigenvalue weighted by Crippen LogP contribution is -2.46. The number of amidine groups is 2. The number of aromatic nitrogens is 2. The van der Waals surface area contributed by atoms with Gasteiger partial charge in [0.25, 0.3) is 0 Å². The Morgan fingerprint density at radius 2 is 1.13 bits per heavy atom. The number of hydrogen-bond donors (Lipinski definition) is 1. The highest BCUT2D eigenvalue weighted by molar-refractivity contribution is 6.15. The molecule has 1 N–H and O–H groups in total. The second kappa shape index (κ2) is 19.1. The Bertz CT molecular complexity index is 4350. The van der Waals surface area contributed by atoms with E-state index in [0.717, 1.165) is 67.2 Å². The van der Waals surface area contributed by atoms with Crippen LogP contribution in [0.1, 0.15) is 57.3 Å². The summed E-state index contributed by atoms with van der Waals surface area (Å²) >= 11 is 0. The van der Waals surface area contributed by atoms with Gasteiger partial charge >= 0.3 is 0 Å². The molecule has 14 rings (SSSR count). The number of fused-ring (bicyclic) bond motifs is 6. The van der Waals surface area contributed by atoms with Gasteiger partial charge in [0, 0.05) is 62.7 Å². The summed E-state index contributed by atoms with van der Waals surface area (Å²) in [7, 11) is 0. The van der Waals surface area contributed by atoms with E-state index in [1.54, 1.807) is 0 Å². The highest BCUT2D eigenvalue weighted by atomic mass is 15.2. The number of aryl methyl sites for hydroxylation is 4. The molecule has 6 heteroatoms. The Labute approximate surface area is 462 Å². The molecule has 0 bridgehead atoms. The molecule has 2 aliphatic heterocycles. The van der Waals surface area contributed by atoms with Gasteiger partial charge in [-0.15, -0.1) is 0 Å². The summed E-state index contributed by atoms with van der Waals surface area (Å²) in [6.45, 7) is 10.9. The van der Waals surface area contributed by atoms with Crippen molar-refractivity contribution in [1.29, 1.82) is 0 Å². The molecular weight excluding hydrogens is 961 g/mol. The molecule has 0 spiro atoms. The standard InChI is InChI=1S/C73H58N6/c1-46-27-32-56(48(3)41-46)52-29-34-66-61(43-52)59-21-12-14-24-64(59)78(66)68-36-31-54(72-75-71(51-17-8-6-9-18-51)76-73(5,77-72)55-19-10-7-11-20-55)45-63(68)70-58(50-37-39-74-40-38-50)23-16-26-69(70)79-65-25-15-13-22-60(65)62-44-53(30-35-67(62)79)57-33-28-47(2)42-49(57)4/h6-45,59,64H,1-5H3,(H,75,76,77). The first-order valence-corrected chi connectivity index (χ1v) is 27.4. The summed E-state index contributed by atoms with van der Waals surface area (Å²) in [5.41, 5.74) is 23.3. The van der Waals surface area contributed by atoms with Crippen molar-refractivity contribution in [2.75, 3.05) is 4.90 Å². The molecule has 3 aliphatic rings. The largest absolute Gasteiger partial charge is 0.342 e. The molecule has 1 aliphatic carbocycles. The number of nitrogens with one attached hydrogen (secondary N) is 1. The second-order valence-corrected chi connectivity index (χ2v) is 21.6. The van der Waals surface area contributed by atoms with Crippen LogP contribution in [0.2, 0.25) is 0 Å². The molecule has 2 aromatic heterocycles. The summed E-state index contributed by atoms with van der Waals surface area (Å²) in [5, 5.41) is 6.17. The van der Waals surface area contributed by atoms with Crippen LogP contribution in [-0.2, 0) is 5.66 Å². The van der Waals surface area contributed by atoms with E-state index in [1.807, 2.05) is 18.5 Å². The van der Waals surface area contributed by atoms with Gasteiger partial charge in [-0.05, 0) is 157 Å². The zero-order valence-electron chi connectivity index (χ0n) is 45.0. The number of aliphatic imine (C=N–C) groups is 2. The molecule has 3 unspecified atom stereocenters. The van der Waals surface area contributed by atoms with E-state index >= 15 is 0 Å². The van der Waals surface area contributed by atoms with Gasteiger partial charge in [-0.2, -0.15) is 0 Å². The van der Waals surface area contributed by atoms with Crippen molar-refractivity contribution in [2.24, 2.45) is 9.98 Å². The predicted octanol–water partition coefficient (Wildman–Crippen LogP) is 17.5. The monoisotopic (exact) mass is 1020 g/mol. The number of allylic oxidation sites excluding steroid dienone is 2. The fourth-order valence-corrected chi connectivity index (χ4v) is 12.7. The predicted molar refractivity (Wildman–Crippen MR) is 329 cm³/mol. The average molecular weight is 1020 g/mol. The molecule has 11 aromatic rings. The molecule has 0 saturated heterocycles. The van der Waals surface area contributed by atoms with E-state index in [-0.39, 0.29) is 12.0 Å². The Kier molecular flexibility index (Phi) is 11.6. The molecule has 380 valence electrons. The number of rotatable bonds is 9. The topological polar surface area (TPSA) is 57.8 Å². The van der Waals surface area contributed by atoms with E-state index in [1.165, 1.54) is 66.5 Å². The van der Waals surface area contributed by atoms with Crippen LogP contribution in [0, 0.1) is 27.7 Å². The Morgan fingerprint density at radius 1 is 0.468 bits per heavy atom. The SMILES string of the molecule is Cc1ccc(-c2ccc3c(c2)C2C=CC=CC2N3c2ccc(C3=NC(C)(c4ccccc4)NC(c4ccccc4)=N3)cc2-c2c(-c3ccncc3)cccc2-n2c3ccccc3c3cc(-c4ccc(C)cc4C)ccc32)c(C)c1. The van der Waals surface area contributed by atoms with E-state index in [9.17, 15) is 0 Å². The first-order chi connectivity index (χ1) is 38.7. The third-order valence-electron chi connectivity index (χ3n) is 16.5. The van der Waals surface area contributed by atoms with Gasteiger partial charge in [0.05, 0.1) is 22.8 Å². The molecule has 0 fully saturated rings. The van der Waals surface area contributed by atoms with Crippen molar-refractivity contribution in [2.45, 2.75) is 52.2 Å². The van der Waals surface area contributed by atoms with Crippen LogP contribution >= 0.6 is 0 Å². The molecule has 9 aromatic carbocycles. The van der Waals surface area contributed by atoms with Gasteiger partial charge in [-0.25, -0.2) is 9.98 Å². The number of hydrogen-bond acceptors (Lipinski definition) is 5. The Balaban J connectivity index is 1.06. The Hall–Kier alpha value is -9.65. The maximum absolute atomic E-state index is 5.59. The molecule has 0 amide bonds. The molecular formula is C73H58N6. The van der Waals surface area contributed by atoms with Gasteiger partial charge in [0.2, 0.25) is 0 Å². The van der Waals surface area contributed by atoms with Crippen molar-refractivity contribution < 1.29 is 0 Å². The minimum absolute atomic E-state index is 0.00712. The van der Waals surface area contributed by atoms with Crippen molar-refractivity contribution in [3.05, 3.63) is 287 Å². The van der Waals surface area contributed by atoms with Crippen LogP contribution in [-0.4, -0.2) is 27.3 Å². The quantitative estimate of drug-likeness (QED) is 0.157. The molecule has 0 saturated carbocycles. The lowest BCUT2D eigenvalue weighted by atomic mass is 9.88. The van der Waals surface area contributed by atoms with Crippen LogP contribution in [0.25, 0.3) is 72.0 Å². The van der Waals surface area contributed by atoms with Crippen molar-refractivity contribution in [3.8, 4) is 50.2 Å². The average Bonchev–Trinajstić information content (AvgIpc) is 4.25. The van der Waals surface area contributed by atoms with Crippen molar-refractivity contribution in [3.63, 3.8) is 0 Å². The van der Waals surface area contributed by atoms with E-state index in [2.05, 4.69) is 279 Å². The van der Waals surface area contributed by atoms with Crippen LogP contribution in [0.3, 0.4) is 0 Å². The number of para-hydroxylation sites is 1. The summed E-state index contributed by atoms with van der Waals surface area (Å²) < 4.78 is 2.49. The molecule has 0 radical (unpaired) electrons. The van der Waals surface area contributed by atoms with Gasteiger partial charge < -0.3 is 14.8 Å². The third kappa shape index (κ3) is 8.22. The lowest BCUT2D eigenvalue weighted by Gasteiger charge is -2.34. The first kappa shape index (κ1) is 47.8. The summed E-state index contributed by atoms with van der Waals surface area (Å²) in [6.07, 6.45) is 13.0. The number of benzene rings is 9. The third-order valence-corrected chi connectivity index (χ3v) is 16.5. The second-order valence-electron chi connectivity index (χ2n) is 21.6. The van der Waals surface area contributed by atoms with Crippen LogP contribution < -0.4 is 10.2 Å². The van der Waals surface area contributed by atoms with Crippen LogP contribution in [0.5, 0.6) is 0 Å². The van der Waals surface area contributed by atoms with Crippen LogP contribution in [0.4, 0.5) is 11.4 Å². The highest BCUT2D eigenvalue weighted by Crippen LogP contribution is 2.53. The van der Waals surface area contributed by atoms with Crippen molar-refractivity contribution >= 4 is 44.9 Å². The van der Waals surface area contributed by atoms with Gasteiger partial charge in [-0.1, -0.05) is 175 Å². The number of pyridine rings is 1. The zero-order valence-corrected chi connectivity index (χ0v) is 45.0. The Morgan fingerprint density at radius 3 is 1.89 bits per heavy atom. The van der Waals surface area contributed by atoms with E-state index in [4.69, 9.17) is 9.98 Å². The normalized spacial score (nSPS) is 17.4. The summed E-state index contributed by atoms with van der Waals surface area (Å²) in [6, 6.07) is 75.5. The van der Waals surface area contributed by atoms with Gasteiger partial charge in [0.1, 0.15) is 5.84 Å². The summed E-state index contributed by atoms with van der Waals surface area (Å²) in [5.74, 6) is 1.53. The smallest absolute Gasteiger partial charge is 0.159 e. The number of nitrogens with zero attached hydrogens (tertiary/aromatic N) is 5. The minimum atomic E-state index is -0.824. The molecule has 79 heavy (non-hydrogen) atoms. The highest BCUT2D eigenvalue weighted by Gasteiger charge is 2.40. The zero-order chi connectivity index (χ0) is 53.4. The lowest BCUT2D eigenvalue weighted by molar-refractivity contribution is 0.455. The maximum atomic E-state index is 5.59.